The molecule has 154 valence electrons. The van der Waals surface area contributed by atoms with E-state index < -0.39 is 0 Å². The lowest BCUT2D eigenvalue weighted by Gasteiger charge is -2.12. The fourth-order valence-corrected chi connectivity index (χ4v) is 3.98. The average molecular weight is 486 g/mol. The number of aryl methyl sites for hydroxylation is 2. The normalized spacial score (nSPS) is 11.2. The number of carbonyl (C=O) groups is 1. The maximum atomic E-state index is 12.8. The molecular formula is C20H20BrN7OS. The van der Waals surface area contributed by atoms with E-state index in [0.717, 1.165) is 27.0 Å². The number of rotatable bonds is 6. The third-order valence-electron chi connectivity index (χ3n) is 4.81. The van der Waals surface area contributed by atoms with Crippen LogP contribution in [0.15, 0.2) is 46.2 Å². The Hall–Kier alpha value is -2.72. The van der Waals surface area contributed by atoms with Gasteiger partial charge in [0.05, 0.1) is 19.2 Å². The number of carbonyl (C=O) groups excluding carboxylic acids is 1. The van der Waals surface area contributed by atoms with Gasteiger partial charge in [-0.3, -0.25) is 4.79 Å². The topological polar surface area (TPSA) is 90.0 Å². The second-order valence-electron chi connectivity index (χ2n) is 6.76. The number of hydrogen-bond donors (Lipinski definition) is 1. The van der Waals surface area contributed by atoms with Crippen LogP contribution in [0.5, 0.6) is 0 Å². The predicted octanol–water partition coefficient (Wildman–Crippen LogP) is 3.65. The Labute approximate surface area is 186 Å². The fourth-order valence-electron chi connectivity index (χ4n) is 3.23. The molecule has 1 aromatic carbocycles. The van der Waals surface area contributed by atoms with Gasteiger partial charge in [0, 0.05) is 27.5 Å². The van der Waals surface area contributed by atoms with Crippen molar-refractivity contribution in [3.05, 3.63) is 63.5 Å². The first-order valence-electron chi connectivity index (χ1n) is 9.28. The molecule has 30 heavy (non-hydrogen) atoms. The van der Waals surface area contributed by atoms with Crippen molar-refractivity contribution in [1.82, 2.24) is 29.4 Å². The third-order valence-corrected chi connectivity index (χ3v) is 6.12. The molecule has 4 aromatic rings. The quantitative estimate of drug-likeness (QED) is 0.419. The molecule has 0 atom stereocenters. The molecule has 0 saturated heterocycles. The Balaban J connectivity index is 1.54. The van der Waals surface area contributed by atoms with E-state index in [1.54, 1.807) is 21.5 Å². The van der Waals surface area contributed by atoms with Gasteiger partial charge in [0.2, 0.25) is 11.1 Å². The van der Waals surface area contributed by atoms with E-state index in [0.29, 0.717) is 23.3 Å². The minimum absolute atomic E-state index is 0.138. The summed E-state index contributed by atoms with van der Waals surface area (Å²) in [6.45, 7) is 4.37. The molecule has 0 fully saturated rings. The highest BCUT2D eigenvalue weighted by Crippen LogP contribution is 2.20. The van der Waals surface area contributed by atoms with Crippen molar-refractivity contribution in [3.63, 3.8) is 0 Å². The maximum Gasteiger partial charge on any atom is 0.253 e. The molecule has 0 saturated carbocycles. The number of benzene rings is 1. The van der Waals surface area contributed by atoms with Crippen molar-refractivity contribution < 1.29 is 4.79 Å². The SMILES string of the molecule is CSc1nc2nc(C)c(CC(=O)Nc3ccnn3Cc3ccccc3Br)c(C)n2n1. The summed E-state index contributed by atoms with van der Waals surface area (Å²) in [5.74, 6) is 1.05. The van der Waals surface area contributed by atoms with Crippen LogP contribution in [0.25, 0.3) is 5.78 Å². The van der Waals surface area contributed by atoms with Gasteiger partial charge in [-0.2, -0.15) is 10.1 Å². The lowest BCUT2D eigenvalue weighted by atomic mass is 10.1. The standard InChI is InChI=1S/C20H20BrN7OS/c1-12-15(13(2)28-19(23-12)25-20(26-28)30-3)10-18(29)24-17-8-9-22-27(17)11-14-6-4-5-7-16(14)21/h4-9H,10-11H2,1-3H3,(H,24,29). The second-order valence-corrected chi connectivity index (χ2v) is 8.39. The fraction of sp³-hybridized carbons (Fsp3) is 0.250. The van der Waals surface area contributed by atoms with Gasteiger partial charge in [-0.25, -0.2) is 14.2 Å². The largest absolute Gasteiger partial charge is 0.311 e. The van der Waals surface area contributed by atoms with Crippen LogP contribution in [0.1, 0.15) is 22.5 Å². The number of hydrogen-bond acceptors (Lipinski definition) is 6. The molecule has 0 unspecified atom stereocenters. The highest BCUT2D eigenvalue weighted by atomic mass is 79.9. The number of thioether (sulfide) groups is 1. The van der Waals surface area contributed by atoms with Gasteiger partial charge in [-0.15, -0.1) is 5.10 Å². The summed E-state index contributed by atoms with van der Waals surface area (Å²) < 4.78 is 4.46. The molecule has 4 rings (SSSR count). The molecule has 0 bridgehead atoms. The van der Waals surface area contributed by atoms with Gasteiger partial charge in [-0.05, 0) is 31.7 Å². The van der Waals surface area contributed by atoms with E-state index in [2.05, 4.69) is 41.4 Å². The molecule has 0 aliphatic rings. The molecule has 0 aliphatic heterocycles. The molecule has 1 amide bonds. The number of halogens is 1. The summed E-state index contributed by atoms with van der Waals surface area (Å²) in [5.41, 5.74) is 3.56. The summed E-state index contributed by atoms with van der Waals surface area (Å²) in [5, 5.41) is 12.4. The minimum Gasteiger partial charge on any atom is -0.311 e. The molecule has 10 heteroatoms. The Morgan fingerprint density at radius 3 is 2.77 bits per heavy atom. The summed E-state index contributed by atoms with van der Waals surface area (Å²) in [6.07, 6.45) is 3.79. The molecule has 3 heterocycles. The van der Waals surface area contributed by atoms with E-state index in [1.165, 1.54) is 11.8 Å². The zero-order valence-corrected chi connectivity index (χ0v) is 19.2. The van der Waals surface area contributed by atoms with Crippen molar-refractivity contribution >= 4 is 45.2 Å². The van der Waals surface area contributed by atoms with Crippen LogP contribution in [-0.4, -0.2) is 41.5 Å². The van der Waals surface area contributed by atoms with Crippen molar-refractivity contribution in [2.45, 2.75) is 32.0 Å². The monoisotopic (exact) mass is 485 g/mol. The highest BCUT2D eigenvalue weighted by molar-refractivity contribution is 9.10. The Morgan fingerprint density at radius 2 is 2.00 bits per heavy atom. The van der Waals surface area contributed by atoms with Crippen molar-refractivity contribution in [1.29, 1.82) is 0 Å². The van der Waals surface area contributed by atoms with Crippen LogP contribution in [0, 0.1) is 13.8 Å². The minimum atomic E-state index is -0.138. The molecule has 0 aliphatic carbocycles. The molecule has 0 spiro atoms. The zero-order chi connectivity index (χ0) is 21.3. The zero-order valence-electron chi connectivity index (χ0n) is 16.8. The van der Waals surface area contributed by atoms with E-state index in [-0.39, 0.29) is 12.3 Å². The first kappa shape index (κ1) is 20.5. The Kier molecular flexibility index (Phi) is 5.87. The third kappa shape index (κ3) is 4.10. The van der Waals surface area contributed by atoms with Crippen molar-refractivity contribution in [2.75, 3.05) is 11.6 Å². The molecule has 1 N–H and O–H groups in total. The van der Waals surface area contributed by atoms with Gasteiger partial charge in [0.1, 0.15) is 5.82 Å². The first-order chi connectivity index (χ1) is 14.5. The smallest absolute Gasteiger partial charge is 0.253 e. The molecule has 0 radical (unpaired) electrons. The summed E-state index contributed by atoms with van der Waals surface area (Å²) in [4.78, 5) is 21.7. The predicted molar refractivity (Wildman–Crippen MR) is 120 cm³/mol. The van der Waals surface area contributed by atoms with Crippen molar-refractivity contribution in [3.8, 4) is 0 Å². The number of fused-ring (bicyclic) bond motifs is 1. The van der Waals surface area contributed by atoms with Gasteiger partial charge in [0.15, 0.2) is 0 Å². The summed E-state index contributed by atoms with van der Waals surface area (Å²) >= 11 is 5.01. The van der Waals surface area contributed by atoms with Crippen LogP contribution in [-0.2, 0) is 17.8 Å². The summed E-state index contributed by atoms with van der Waals surface area (Å²) in [6, 6.07) is 9.73. The number of aromatic nitrogens is 6. The van der Waals surface area contributed by atoms with Crippen LogP contribution < -0.4 is 5.32 Å². The van der Waals surface area contributed by atoms with Crippen LogP contribution in [0.3, 0.4) is 0 Å². The lowest BCUT2D eigenvalue weighted by molar-refractivity contribution is -0.115. The summed E-state index contributed by atoms with van der Waals surface area (Å²) in [7, 11) is 0. The average Bonchev–Trinajstić information content (AvgIpc) is 3.33. The van der Waals surface area contributed by atoms with E-state index >= 15 is 0 Å². The Morgan fingerprint density at radius 1 is 1.20 bits per heavy atom. The Bertz CT molecular complexity index is 1230. The van der Waals surface area contributed by atoms with Gasteiger partial charge >= 0.3 is 0 Å². The number of amides is 1. The maximum absolute atomic E-state index is 12.8. The molecule has 8 nitrogen and oxygen atoms in total. The van der Waals surface area contributed by atoms with E-state index in [9.17, 15) is 4.79 Å². The molecular weight excluding hydrogens is 466 g/mol. The number of nitrogens with one attached hydrogen (secondary N) is 1. The van der Waals surface area contributed by atoms with Crippen molar-refractivity contribution in [2.24, 2.45) is 0 Å². The lowest BCUT2D eigenvalue weighted by Crippen LogP contribution is -2.20. The number of nitrogens with zero attached hydrogens (tertiary/aromatic N) is 6. The van der Waals surface area contributed by atoms with E-state index in [1.807, 2.05) is 44.4 Å². The molecule has 3 aromatic heterocycles. The number of anilines is 1. The second kappa shape index (κ2) is 8.57. The van der Waals surface area contributed by atoms with Crippen LogP contribution in [0.4, 0.5) is 5.82 Å². The van der Waals surface area contributed by atoms with Crippen LogP contribution >= 0.6 is 27.7 Å². The highest BCUT2D eigenvalue weighted by Gasteiger charge is 2.17. The van der Waals surface area contributed by atoms with Gasteiger partial charge in [-0.1, -0.05) is 45.9 Å². The first-order valence-corrected chi connectivity index (χ1v) is 11.3. The van der Waals surface area contributed by atoms with Crippen LogP contribution in [0.2, 0.25) is 0 Å². The van der Waals surface area contributed by atoms with Gasteiger partial charge in [0.25, 0.3) is 5.78 Å². The van der Waals surface area contributed by atoms with Gasteiger partial charge < -0.3 is 5.32 Å². The van der Waals surface area contributed by atoms with E-state index in [4.69, 9.17) is 0 Å².